The summed E-state index contributed by atoms with van der Waals surface area (Å²) in [5, 5.41) is 3.90. The third-order valence-corrected chi connectivity index (χ3v) is 5.91. The summed E-state index contributed by atoms with van der Waals surface area (Å²) in [6.07, 6.45) is 5.88. The van der Waals surface area contributed by atoms with Gasteiger partial charge in [0.2, 0.25) is 0 Å². The van der Waals surface area contributed by atoms with E-state index in [9.17, 15) is 0 Å². The van der Waals surface area contributed by atoms with Gasteiger partial charge in [-0.25, -0.2) is 0 Å². The molecule has 3 rings (SSSR count). The second-order valence-electron chi connectivity index (χ2n) is 6.82. The highest BCUT2D eigenvalue weighted by Crippen LogP contribution is 2.40. The minimum Gasteiger partial charge on any atom is -0.376 e. The molecule has 0 radical (unpaired) electrons. The highest BCUT2D eigenvalue weighted by Gasteiger charge is 2.41. The van der Waals surface area contributed by atoms with E-state index in [1.165, 1.54) is 37.2 Å². The van der Waals surface area contributed by atoms with Crippen LogP contribution in [0.25, 0.3) is 0 Å². The monoisotopic (exact) mass is 255 g/mol. The molecule has 3 unspecified atom stereocenters. The van der Waals surface area contributed by atoms with Crippen LogP contribution in [-0.4, -0.2) is 36.3 Å². The summed E-state index contributed by atoms with van der Waals surface area (Å²) < 4.78 is 5.91. The Morgan fingerprint density at radius 1 is 1.24 bits per heavy atom. The van der Waals surface area contributed by atoms with Crippen molar-refractivity contribution in [1.29, 1.82) is 0 Å². The topological polar surface area (TPSA) is 21.3 Å². The summed E-state index contributed by atoms with van der Waals surface area (Å²) in [6, 6.07) is 1.35. The molecular formula is C14H25NOS. The maximum Gasteiger partial charge on any atom is 0.0757 e. The van der Waals surface area contributed by atoms with Crippen molar-refractivity contribution in [3.05, 3.63) is 0 Å². The summed E-state index contributed by atoms with van der Waals surface area (Å²) in [5.41, 5.74) is 0.509. The molecule has 3 aliphatic rings. The first kappa shape index (κ1) is 12.3. The van der Waals surface area contributed by atoms with E-state index in [0.29, 0.717) is 23.6 Å². The highest BCUT2D eigenvalue weighted by molar-refractivity contribution is 7.99. The Bertz CT molecular complexity index is 277. The van der Waals surface area contributed by atoms with Crippen molar-refractivity contribution in [2.45, 2.75) is 57.7 Å². The maximum atomic E-state index is 5.91. The molecule has 0 bridgehead atoms. The molecule has 3 fully saturated rings. The van der Waals surface area contributed by atoms with Crippen LogP contribution in [0.1, 0.15) is 39.5 Å². The molecule has 98 valence electrons. The van der Waals surface area contributed by atoms with Gasteiger partial charge in [-0.1, -0.05) is 13.8 Å². The van der Waals surface area contributed by atoms with Gasteiger partial charge in [0.05, 0.1) is 6.10 Å². The van der Waals surface area contributed by atoms with Gasteiger partial charge in [0.15, 0.2) is 0 Å². The van der Waals surface area contributed by atoms with Gasteiger partial charge in [0, 0.05) is 24.4 Å². The molecule has 2 nitrogen and oxygen atoms in total. The Balaban J connectivity index is 1.55. The Hall–Kier alpha value is 0.270. The largest absolute Gasteiger partial charge is 0.376 e. The molecule has 0 aromatic heterocycles. The zero-order valence-corrected chi connectivity index (χ0v) is 11.9. The first-order valence-corrected chi connectivity index (χ1v) is 8.25. The summed E-state index contributed by atoms with van der Waals surface area (Å²) in [4.78, 5) is 0. The average molecular weight is 255 g/mol. The average Bonchev–Trinajstić information content (AvgIpc) is 2.99. The van der Waals surface area contributed by atoms with E-state index in [1.807, 2.05) is 0 Å². The Morgan fingerprint density at radius 3 is 2.76 bits per heavy atom. The molecule has 2 aliphatic heterocycles. The second-order valence-corrected chi connectivity index (χ2v) is 7.85. The predicted molar refractivity (Wildman–Crippen MR) is 73.5 cm³/mol. The summed E-state index contributed by atoms with van der Waals surface area (Å²) >= 11 is 2.12. The minimum absolute atomic E-state index is 0.509. The van der Waals surface area contributed by atoms with Crippen molar-refractivity contribution in [3.8, 4) is 0 Å². The van der Waals surface area contributed by atoms with Crippen molar-refractivity contribution < 1.29 is 4.74 Å². The lowest BCUT2D eigenvalue weighted by Gasteiger charge is -2.37. The maximum absolute atomic E-state index is 5.91. The Morgan fingerprint density at radius 2 is 2.06 bits per heavy atom. The van der Waals surface area contributed by atoms with Crippen molar-refractivity contribution in [1.82, 2.24) is 5.32 Å². The first-order valence-electron chi connectivity index (χ1n) is 7.09. The van der Waals surface area contributed by atoms with Crippen molar-refractivity contribution in [3.63, 3.8) is 0 Å². The van der Waals surface area contributed by atoms with Gasteiger partial charge in [-0.15, -0.1) is 0 Å². The third kappa shape index (κ3) is 2.99. The molecule has 17 heavy (non-hydrogen) atoms. The zero-order valence-electron chi connectivity index (χ0n) is 11.1. The molecule has 1 N–H and O–H groups in total. The number of ether oxygens (including phenoxy) is 1. The third-order valence-electron chi connectivity index (χ3n) is 4.28. The van der Waals surface area contributed by atoms with Crippen LogP contribution in [0.15, 0.2) is 0 Å². The van der Waals surface area contributed by atoms with Crippen LogP contribution in [0.5, 0.6) is 0 Å². The van der Waals surface area contributed by atoms with Gasteiger partial charge in [-0.05, 0) is 42.8 Å². The van der Waals surface area contributed by atoms with E-state index in [0.717, 1.165) is 12.5 Å². The van der Waals surface area contributed by atoms with Crippen LogP contribution in [0.3, 0.4) is 0 Å². The number of thioether (sulfide) groups is 1. The van der Waals surface area contributed by atoms with E-state index in [2.05, 4.69) is 30.9 Å². The summed E-state index contributed by atoms with van der Waals surface area (Å²) in [5.74, 6) is 3.48. The molecular weight excluding hydrogens is 230 g/mol. The molecule has 3 atom stereocenters. The van der Waals surface area contributed by atoms with E-state index < -0.39 is 0 Å². The lowest BCUT2D eigenvalue weighted by Crippen LogP contribution is -2.48. The molecule has 2 saturated heterocycles. The van der Waals surface area contributed by atoms with Gasteiger partial charge < -0.3 is 10.1 Å². The van der Waals surface area contributed by atoms with Crippen molar-refractivity contribution in [2.75, 3.05) is 18.1 Å². The predicted octanol–water partition coefficient (Wildman–Crippen LogP) is 2.68. The van der Waals surface area contributed by atoms with Crippen molar-refractivity contribution >= 4 is 11.8 Å². The van der Waals surface area contributed by atoms with E-state index in [-0.39, 0.29) is 0 Å². The fourth-order valence-electron chi connectivity index (χ4n) is 3.35. The molecule has 0 spiro atoms. The standard InChI is InChI=1S/C14H25NOS/c1-14(2)7-11(8-17-9-14)15-12-5-6-16-13(12)10-3-4-10/h10-13,15H,3-9H2,1-2H3. The van der Waals surface area contributed by atoms with E-state index in [4.69, 9.17) is 4.74 Å². The van der Waals surface area contributed by atoms with E-state index in [1.54, 1.807) is 0 Å². The Kier molecular flexibility index (Phi) is 3.44. The number of rotatable bonds is 3. The van der Waals surface area contributed by atoms with Gasteiger partial charge in [0.1, 0.15) is 0 Å². The molecule has 1 aliphatic carbocycles. The molecule has 3 heteroatoms. The normalized spacial score (nSPS) is 41.6. The summed E-state index contributed by atoms with van der Waals surface area (Å²) in [7, 11) is 0. The van der Waals surface area contributed by atoms with Crippen LogP contribution in [0.2, 0.25) is 0 Å². The van der Waals surface area contributed by atoms with Crippen LogP contribution in [0.4, 0.5) is 0 Å². The highest BCUT2D eigenvalue weighted by atomic mass is 32.2. The van der Waals surface area contributed by atoms with Crippen LogP contribution < -0.4 is 5.32 Å². The summed E-state index contributed by atoms with van der Waals surface area (Å²) in [6.45, 7) is 5.77. The van der Waals surface area contributed by atoms with Crippen LogP contribution >= 0.6 is 11.8 Å². The lowest BCUT2D eigenvalue weighted by molar-refractivity contribution is 0.0780. The SMILES string of the molecule is CC1(C)CSCC(NC2CCOC2C2CC2)C1. The Labute approximate surface area is 109 Å². The molecule has 2 heterocycles. The number of hydrogen-bond donors (Lipinski definition) is 1. The number of nitrogens with one attached hydrogen (secondary N) is 1. The molecule has 0 aromatic rings. The fourth-order valence-corrected chi connectivity index (χ4v) is 4.64. The smallest absolute Gasteiger partial charge is 0.0757 e. The van der Waals surface area contributed by atoms with Crippen molar-refractivity contribution in [2.24, 2.45) is 11.3 Å². The molecule has 0 amide bonds. The molecule has 0 aromatic carbocycles. The minimum atomic E-state index is 0.509. The van der Waals surface area contributed by atoms with Gasteiger partial charge in [-0.3, -0.25) is 0 Å². The van der Waals surface area contributed by atoms with Gasteiger partial charge >= 0.3 is 0 Å². The van der Waals surface area contributed by atoms with E-state index >= 15 is 0 Å². The number of hydrogen-bond acceptors (Lipinski definition) is 3. The van der Waals surface area contributed by atoms with Gasteiger partial charge in [-0.2, -0.15) is 11.8 Å². The lowest BCUT2D eigenvalue weighted by atomic mass is 9.87. The zero-order chi connectivity index (χ0) is 11.9. The van der Waals surface area contributed by atoms with Crippen LogP contribution in [-0.2, 0) is 4.74 Å². The van der Waals surface area contributed by atoms with Crippen LogP contribution in [0, 0.1) is 11.3 Å². The fraction of sp³-hybridized carbons (Fsp3) is 1.00. The molecule has 1 saturated carbocycles. The van der Waals surface area contributed by atoms with Gasteiger partial charge in [0.25, 0.3) is 0 Å². The quantitative estimate of drug-likeness (QED) is 0.838. The second kappa shape index (κ2) is 4.75. The first-order chi connectivity index (χ1) is 8.14.